The van der Waals surface area contributed by atoms with Crippen LogP contribution in [0.1, 0.15) is 17.2 Å². The number of nitrogens with two attached hydrogens (primary N) is 1. The summed E-state index contributed by atoms with van der Waals surface area (Å²) in [6, 6.07) is 7.82. The number of rotatable bonds is 3. The number of hydrogen-bond acceptors (Lipinski definition) is 2. The van der Waals surface area contributed by atoms with Gasteiger partial charge in [0.1, 0.15) is 11.6 Å². The van der Waals surface area contributed by atoms with E-state index in [1.54, 1.807) is 18.2 Å². The lowest BCUT2D eigenvalue weighted by molar-refractivity contribution is 0.404. The van der Waals surface area contributed by atoms with Crippen LogP contribution in [0, 0.1) is 5.82 Å². The minimum atomic E-state index is -0.464. The van der Waals surface area contributed by atoms with Gasteiger partial charge in [0.25, 0.3) is 0 Å². The van der Waals surface area contributed by atoms with Gasteiger partial charge in [-0.1, -0.05) is 33.6 Å². The van der Waals surface area contributed by atoms with Gasteiger partial charge in [0.15, 0.2) is 0 Å². The third-order valence-corrected chi connectivity index (χ3v) is 4.43. The maximum Gasteiger partial charge on any atom is 0.141 e. The van der Waals surface area contributed by atoms with Crippen LogP contribution in [0.2, 0.25) is 5.02 Å². The van der Waals surface area contributed by atoms with Crippen molar-refractivity contribution in [3.05, 3.63) is 61.2 Å². The third kappa shape index (κ3) is 3.17. The van der Waals surface area contributed by atoms with Crippen LogP contribution < -0.4 is 10.5 Å². The molecule has 0 fully saturated rings. The molecule has 0 bridgehead atoms. The second-order valence-corrected chi connectivity index (χ2v) is 6.30. The van der Waals surface area contributed by atoms with Crippen molar-refractivity contribution in [3.8, 4) is 5.75 Å². The Morgan fingerprint density at radius 2 is 1.85 bits per heavy atom. The molecule has 0 aliphatic rings. The summed E-state index contributed by atoms with van der Waals surface area (Å²) >= 11 is 12.5. The van der Waals surface area contributed by atoms with E-state index in [9.17, 15) is 4.39 Å². The Kier molecular flexibility index (Phi) is 5.07. The van der Waals surface area contributed by atoms with Crippen LogP contribution in [0.25, 0.3) is 0 Å². The van der Waals surface area contributed by atoms with Crippen LogP contribution in [-0.2, 0) is 0 Å². The molecule has 2 aromatic rings. The molecule has 0 aromatic heterocycles. The molecular weight excluding hydrogens is 412 g/mol. The van der Waals surface area contributed by atoms with Gasteiger partial charge in [-0.25, -0.2) is 4.39 Å². The largest absolute Gasteiger partial charge is 0.496 e. The van der Waals surface area contributed by atoms with Gasteiger partial charge in [0, 0.05) is 21.1 Å². The summed E-state index contributed by atoms with van der Waals surface area (Å²) in [7, 11) is 1.48. The van der Waals surface area contributed by atoms with E-state index < -0.39 is 11.9 Å². The molecule has 0 aliphatic carbocycles. The topological polar surface area (TPSA) is 35.2 Å². The molecule has 0 saturated heterocycles. The molecule has 6 heteroatoms. The maximum atomic E-state index is 13.5. The first-order valence-corrected chi connectivity index (χ1v) is 7.64. The summed E-state index contributed by atoms with van der Waals surface area (Å²) in [6.45, 7) is 0. The van der Waals surface area contributed by atoms with Crippen LogP contribution >= 0.6 is 43.5 Å². The van der Waals surface area contributed by atoms with Gasteiger partial charge in [-0.3, -0.25) is 0 Å². The highest BCUT2D eigenvalue weighted by atomic mass is 79.9. The molecule has 0 heterocycles. The van der Waals surface area contributed by atoms with E-state index in [0.29, 0.717) is 20.8 Å². The van der Waals surface area contributed by atoms with Crippen molar-refractivity contribution >= 4 is 43.5 Å². The van der Waals surface area contributed by atoms with E-state index in [0.717, 1.165) is 10.0 Å². The molecule has 0 amide bonds. The number of halogens is 4. The zero-order valence-corrected chi connectivity index (χ0v) is 14.4. The summed E-state index contributed by atoms with van der Waals surface area (Å²) in [4.78, 5) is 0. The van der Waals surface area contributed by atoms with Gasteiger partial charge in [-0.2, -0.15) is 0 Å². The normalized spacial score (nSPS) is 12.3. The molecule has 2 N–H and O–H groups in total. The molecule has 2 rings (SSSR count). The Morgan fingerprint density at radius 1 is 1.15 bits per heavy atom. The van der Waals surface area contributed by atoms with E-state index in [1.165, 1.54) is 13.2 Å². The summed E-state index contributed by atoms with van der Waals surface area (Å²) in [5.41, 5.74) is 7.79. The second-order valence-electron chi connectivity index (χ2n) is 4.15. The monoisotopic (exact) mass is 421 g/mol. The maximum absolute atomic E-state index is 13.5. The van der Waals surface area contributed by atoms with Gasteiger partial charge >= 0.3 is 0 Å². The van der Waals surface area contributed by atoms with Gasteiger partial charge < -0.3 is 10.5 Å². The summed E-state index contributed by atoms with van der Waals surface area (Å²) in [6.07, 6.45) is 0. The Labute approximate surface area is 138 Å². The predicted octanol–water partition coefficient (Wildman–Crippen LogP) is 5.06. The van der Waals surface area contributed by atoms with Crippen LogP contribution in [0.15, 0.2) is 39.3 Å². The molecule has 2 aromatic carbocycles. The predicted molar refractivity (Wildman–Crippen MR) is 85.8 cm³/mol. The lowest BCUT2D eigenvalue weighted by Gasteiger charge is -2.18. The van der Waals surface area contributed by atoms with Crippen LogP contribution in [0.5, 0.6) is 5.75 Å². The first-order chi connectivity index (χ1) is 9.43. The van der Waals surface area contributed by atoms with Gasteiger partial charge in [0.05, 0.1) is 17.6 Å². The van der Waals surface area contributed by atoms with Gasteiger partial charge in [0.2, 0.25) is 0 Å². The van der Waals surface area contributed by atoms with Crippen molar-refractivity contribution < 1.29 is 9.13 Å². The minimum absolute atomic E-state index is 0.342. The summed E-state index contributed by atoms with van der Waals surface area (Å²) < 4.78 is 19.9. The van der Waals surface area contributed by atoms with E-state index >= 15 is 0 Å². The van der Waals surface area contributed by atoms with Gasteiger partial charge in [-0.05, 0) is 39.7 Å². The molecule has 20 heavy (non-hydrogen) atoms. The Morgan fingerprint density at radius 3 is 2.45 bits per heavy atom. The quantitative estimate of drug-likeness (QED) is 0.749. The van der Waals surface area contributed by atoms with E-state index in [1.807, 2.05) is 6.07 Å². The van der Waals surface area contributed by atoms with E-state index in [2.05, 4.69) is 31.9 Å². The number of ether oxygens (including phenoxy) is 1. The van der Waals surface area contributed by atoms with Crippen molar-refractivity contribution in [1.29, 1.82) is 0 Å². The average molecular weight is 424 g/mol. The molecule has 2 nitrogen and oxygen atoms in total. The molecule has 106 valence electrons. The molecule has 1 atom stereocenters. The van der Waals surface area contributed by atoms with Crippen LogP contribution in [0.3, 0.4) is 0 Å². The smallest absolute Gasteiger partial charge is 0.141 e. The zero-order valence-electron chi connectivity index (χ0n) is 10.5. The fraction of sp³-hybridized carbons (Fsp3) is 0.143. The first-order valence-electron chi connectivity index (χ1n) is 5.67. The highest BCUT2D eigenvalue weighted by Gasteiger charge is 2.19. The molecule has 1 unspecified atom stereocenters. The fourth-order valence-electron chi connectivity index (χ4n) is 1.89. The lowest BCUT2D eigenvalue weighted by atomic mass is 9.98. The second kappa shape index (κ2) is 6.43. The number of benzene rings is 2. The lowest BCUT2D eigenvalue weighted by Crippen LogP contribution is -2.14. The number of hydrogen-bond donors (Lipinski definition) is 1. The minimum Gasteiger partial charge on any atom is -0.496 e. The van der Waals surface area contributed by atoms with Crippen molar-refractivity contribution in [2.75, 3.05) is 7.11 Å². The van der Waals surface area contributed by atoms with Crippen molar-refractivity contribution in [2.24, 2.45) is 5.73 Å². The van der Waals surface area contributed by atoms with Crippen molar-refractivity contribution in [3.63, 3.8) is 0 Å². The Balaban J connectivity index is 2.52. The summed E-state index contributed by atoms with van der Waals surface area (Å²) in [5.74, 6) is 0.00743. The zero-order chi connectivity index (χ0) is 14.9. The standard InChI is InChI=1S/C14H11Br2ClFNO/c1-20-13-6-12(18)11(16)5-9(13)14(19)8-3-2-7(17)4-10(8)15/h2-6,14H,19H2,1H3. The van der Waals surface area contributed by atoms with Gasteiger partial charge in [-0.15, -0.1) is 0 Å². The first kappa shape index (κ1) is 15.8. The molecule has 0 saturated carbocycles. The molecule has 0 aliphatic heterocycles. The van der Waals surface area contributed by atoms with E-state index in [-0.39, 0.29) is 0 Å². The fourth-order valence-corrected chi connectivity index (χ4v) is 3.18. The molecule has 0 spiro atoms. The van der Waals surface area contributed by atoms with Crippen molar-refractivity contribution in [2.45, 2.75) is 6.04 Å². The average Bonchev–Trinajstić information content (AvgIpc) is 2.40. The Hall–Kier alpha value is -0.620. The highest BCUT2D eigenvalue weighted by Crippen LogP contribution is 2.36. The van der Waals surface area contributed by atoms with Crippen LogP contribution in [0.4, 0.5) is 4.39 Å². The summed E-state index contributed by atoms with van der Waals surface area (Å²) in [5, 5.41) is 0.611. The molecular formula is C14H11Br2ClFNO. The van der Waals surface area contributed by atoms with E-state index in [4.69, 9.17) is 22.1 Å². The SMILES string of the molecule is COc1cc(F)c(Br)cc1C(N)c1ccc(Cl)cc1Br. The van der Waals surface area contributed by atoms with Crippen molar-refractivity contribution in [1.82, 2.24) is 0 Å². The molecule has 0 radical (unpaired) electrons. The highest BCUT2D eigenvalue weighted by molar-refractivity contribution is 9.10. The number of methoxy groups -OCH3 is 1. The van der Waals surface area contributed by atoms with Crippen LogP contribution in [-0.4, -0.2) is 7.11 Å². The third-order valence-electron chi connectivity index (χ3n) is 2.91. The Bertz CT molecular complexity index is 651.